The summed E-state index contributed by atoms with van der Waals surface area (Å²) in [7, 11) is 1.69. The molecule has 0 bridgehead atoms. The molecule has 0 aliphatic heterocycles. The summed E-state index contributed by atoms with van der Waals surface area (Å²) < 4.78 is 5.08. The molecule has 0 aromatic rings. The fourth-order valence-corrected chi connectivity index (χ4v) is 1.56. The van der Waals surface area contributed by atoms with Crippen molar-refractivity contribution in [3.63, 3.8) is 0 Å². The van der Waals surface area contributed by atoms with Crippen molar-refractivity contribution >= 4 is 0 Å². The highest BCUT2D eigenvalue weighted by atomic mass is 16.5. The topological polar surface area (TPSA) is 52.9 Å². The zero-order valence-electron chi connectivity index (χ0n) is 11.1. The number of aliphatic hydroxyl groups is 2. The molecule has 0 saturated heterocycles. The van der Waals surface area contributed by atoms with Crippen LogP contribution in [0.3, 0.4) is 0 Å². The molecule has 98 valence electrons. The SMILES string of the molecule is CCC(C)N(CCOC)CC(C)(CO)CO. The Morgan fingerprint density at radius 2 is 1.88 bits per heavy atom. The van der Waals surface area contributed by atoms with Crippen LogP contribution in [0.2, 0.25) is 0 Å². The molecule has 0 spiro atoms. The zero-order chi connectivity index (χ0) is 12.6. The summed E-state index contributed by atoms with van der Waals surface area (Å²) in [5.41, 5.74) is -0.433. The first-order valence-corrected chi connectivity index (χ1v) is 5.97. The van der Waals surface area contributed by atoms with Crippen molar-refractivity contribution in [2.24, 2.45) is 5.41 Å². The van der Waals surface area contributed by atoms with Gasteiger partial charge >= 0.3 is 0 Å². The summed E-state index contributed by atoms with van der Waals surface area (Å²) in [6.45, 7) is 8.41. The third-order valence-electron chi connectivity index (χ3n) is 3.15. The van der Waals surface area contributed by atoms with E-state index >= 15 is 0 Å². The molecule has 0 radical (unpaired) electrons. The average molecular weight is 233 g/mol. The molecule has 4 heteroatoms. The van der Waals surface area contributed by atoms with Crippen LogP contribution in [0.5, 0.6) is 0 Å². The van der Waals surface area contributed by atoms with Gasteiger partial charge in [0.25, 0.3) is 0 Å². The first-order valence-electron chi connectivity index (χ1n) is 5.97. The molecule has 0 aliphatic carbocycles. The largest absolute Gasteiger partial charge is 0.396 e. The molecule has 4 nitrogen and oxygen atoms in total. The van der Waals surface area contributed by atoms with E-state index < -0.39 is 5.41 Å². The monoisotopic (exact) mass is 233 g/mol. The molecule has 0 amide bonds. The molecule has 1 atom stereocenters. The molecule has 0 saturated carbocycles. The Hall–Kier alpha value is -0.160. The fourth-order valence-electron chi connectivity index (χ4n) is 1.56. The van der Waals surface area contributed by atoms with Crippen LogP contribution in [0.1, 0.15) is 27.2 Å². The van der Waals surface area contributed by atoms with E-state index in [-0.39, 0.29) is 13.2 Å². The van der Waals surface area contributed by atoms with Crippen LogP contribution in [0.25, 0.3) is 0 Å². The normalized spacial score (nSPS) is 14.4. The van der Waals surface area contributed by atoms with E-state index in [1.54, 1.807) is 7.11 Å². The van der Waals surface area contributed by atoms with Gasteiger partial charge in [0.2, 0.25) is 0 Å². The van der Waals surface area contributed by atoms with Gasteiger partial charge in [0.05, 0.1) is 19.8 Å². The Labute approximate surface area is 99.2 Å². The maximum Gasteiger partial charge on any atom is 0.0589 e. The highest BCUT2D eigenvalue weighted by Gasteiger charge is 2.27. The van der Waals surface area contributed by atoms with Gasteiger partial charge in [-0.3, -0.25) is 4.90 Å². The standard InChI is InChI=1S/C12H27NO3/c1-5-11(2)13(6-7-16-4)8-12(3,9-14)10-15/h11,14-15H,5-10H2,1-4H3. The smallest absolute Gasteiger partial charge is 0.0589 e. The van der Waals surface area contributed by atoms with Gasteiger partial charge in [-0.25, -0.2) is 0 Å². The lowest BCUT2D eigenvalue weighted by atomic mass is 9.91. The molecule has 0 aromatic carbocycles. The van der Waals surface area contributed by atoms with Gasteiger partial charge < -0.3 is 14.9 Å². The molecule has 0 rings (SSSR count). The number of methoxy groups -OCH3 is 1. The molecule has 0 aromatic heterocycles. The second kappa shape index (κ2) is 8.01. The minimum absolute atomic E-state index is 0.00339. The predicted molar refractivity (Wildman–Crippen MR) is 65.5 cm³/mol. The van der Waals surface area contributed by atoms with Crippen molar-refractivity contribution in [2.75, 3.05) is 40.0 Å². The Kier molecular flexibility index (Phi) is 7.93. The molecular formula is C12H27NO3. The number of hydrogen-bond donors (Lipinski definition) is 2. The van der Waals surface area contributed by atoms with Crippen molar-refractivity contribution in [1.29, 1.82) is 0 Å². The number of ether oxygens (including phenoxy) is 1. The van der Waals surface area contributed by atoms with Crippen molar-refractivity contribution in [3.8, 4) is 0 Å². The Bertz CT molecular complexity index is 172. The lowest BCUT2D eigenvalue weighted by Gasteiger charge is -2.36. The number of aliphatic hydroxyl groups excluding tert-OH is 2. The Morgan fingerprint density at radius 1 is 1.31 bits per heavy atom. The Balaban J connectivity index is 4.39. The first-order chi connectivity index (χ1) is 7.52. The second-order valence-electron chi connectivity index (χ2n) is 4.85. The summed E-state index contributed by atoms with van der Waals surface area (Å²) in [4.78, 5) is 2.26. The molecule has 16 heavy (non-hydrogen) atoms. The second-order valence-corrected chi connectivity index (χ2v) is 4.85. The van der Waals surface area contributed by atoms with Crippen LogP contribution < -0.4 is 0 Å². The summed E-state index contributed by atoms with van der Waals surface area (Å²) in [5.74, 6) is 0. The molecule has 0 fully saturated rings. The van der Waals surface area contributed by atoms with E-state index in [0.717, 1.165) is 13.0 Å². The molecule has 0 heterocycles. The van der Waals surface area contributed by atoms with E-state index in [1.807, 2.05) is 6.92 Å². The summed E-state index contributed by atoms with van der Waals surface area (Å²) >= 11 is 0. The van der Waals surface area contributed by atoms with Crippen molar-refractivity contribution in [1.82, 2.24) is 4.90 Å². The van der Waals surface area contributed by atoms with Gasteiger partial charge in [0, 0.05) is 31.7 Å². The maximum absolute atomic E-state index is 9.30. The van der Waals surface area contributed by atoms with Crippen LogP contribution >= 0.6 is 0 Å². The first kappa shape index (κ1) is 15.8. The lowest BCUT2D eigenvalue weighted by molar-refractivity contribution is 0.0147. The van der Waals surface area contributed by atoms with Crippen molar-refractivity contribution < 1.29 is 14.9 Å². The van der Waals surface area contributed by atoms with E-state index in [4.69, 9.17) is 4.74 Å². The van der Waals surface area contributed by atoms with Crippen LogP contribution in [0, 0.1) is 5.41 Å². The summed E-state index contributed by atoms with van der Waals surface area (Å²) in [6, 6.07) is 0.438. The molecule has 1 unspecified atom stereocenters. The van der Waals surface area contributed by atoms with E-state index in [1.165, 1.54) is 0 Å². The van der Waals surface area contributed by atoms with Crippen molar-refractivity contribution in [2.45, 2.75) is 33.2 Å². The van der Waals surface area contributed by atoms with Crippen LogP contribution in [0.4, 0.5) is 0 Å². The molecule has 0 aliphatic rings. The Morgan fingerprint density at radius 3 is 2.25 bits per heavy atom. The third-order valence-corrected chi connectivity index (χ3v) is 3.15. The van der Waals surface area contributed by atoms with E-state index in [2.05, 4.69) is 18.7 Å². The summed E-state index contributed by atoms with van der Waals surface area (Å²) in [6.07, 6.45) is 1.05. The van der Waals surface area contributed by atoms with Gasteiger partial charge in [-0.1, -0.05) is 13.8 Å². The number of hydrogen-bond acceptors (Lipinski definition) is 4. The van der Waals surface area contributed by atoms with Crippen molar-refractivity contribution in [3.05, 3.63) is 0 Å². The van der Waals surface area contributed by atoms with Crippen LogP contribution in [-0.2, 0) is 4.74 Å². The van der Waals surface area contributed by atoms with Gasteiger partial charge in [-0.05, 0) is 13.3 Å². The minimum Gasteiger partial charge on any atom is -0.396 e. The maximum atomic E-state index is 9.30. The fraction of sp³-hybridized carbons (Fsp3) is 1.00. The number of nitrogens with zero attached hydrogens (tertiary/aromatic N) is 1. The van der Waals surface area contributed by atoms with E-state index in [0.29, 0.717) is 19.2 Å². The third kappa shape index (κ3) is 5.25. The highest BCUT2D eigenvalue weighted by molar-refractivity contribution is 4.79. The quantitative estimate of drug-likeness (QED) is 0.616. The molecular weight excluding hydrogens is 206 g/mol. The van der Waals surface area contributed by atoms with Crippen LogP contribution in [0.15, 0.2) is 0 Å². The minimum atomic E-state index is -0.433. The van der Waals surface area contributed by atoms with Gasteiger partial charge in [-0.15, -0.1) is 0 Å². The van der Waals surface area contributed by atoms with Gasteiger partial charge in [-0.2, -0.15) is 0 Å². The number of rotatable bonds is 9. The summed E-state index contributed by atoms with van der Waals surface area (Å²) in [5, 5.41) is 18.6. The molecule has 2 N–H and O–H groups in total. The zero-order valence-corrected chi connectivity index (χ0v) is 11.1. The van der Waals surface area contributed by atoms with Gasteiger partial charge in [0.1, 0.15) is 0 Å². The van der Waals surface area contributed by atoms with E-state index in [9.17, 15) is 10.2 Å². The van der Waals surface area contributed by atoms with Crippen LogP contribution in [-0.4, -0.2) is 61.2 Å². The predicted octanol–water partition coefficient (Wildman–Crippen LogP) is 0.724. The lowest BCUT2D eigenvalue weighted by Crippen LogP contribution is -2.45. The average Bonchev–Trinajstić information content (AvgIpc) is 2.33. The van der Waals surface area contributed by atoms with Gasteiger partial charge in [0.15, 0.2) is 0 Å². The highest BCUT2D eigenvalue weighted by Crippen LogP contribution is 2.18.